The summed E-state index contributed by atoms with van der Waals surface area (Å²) in [4.78, 5) is 2.08. The quantitative estimate of drug-likeness (QED) is 0.534. The third-order valence-electron chi connectivity index (χ3n) is 1.69. The van der Waals surface area contributed by atoms with Gasteiger partial charge in [-0.15, -0.1) is 0 Å². The minimum atomic E-state index is 0.680. The lowest BCUT2D eigenvalue weighted by Gasteiger charge is -2.05. The molecular formula is C8H9NO. The molecule has 1 aromatic carbocycles. The second-order valence-electron chi connectivity index (χ2n) is 2.44. The predicted octanol–water partition coefficient (Wildman–Crippen LogP) is 1.47. The van der Waals surface area contributed by atoms with Gasteiger partial charge in [-0.3, -0.25) is 0 Å². The number of para-hydroxylation sites is 2. The van der Waals surface area contributed by atoms with Gasteiger partial charge < -0.3 is 9.64 Å². The van der Waals surface area contributed by atoms with Crippen LogP contribution in [-0.4, -0.2) is 13.8 Å². The van der Waals surface area contributed by atoms with Crippen LogP contribution in [0.1, 0.15) is 0 Å². The topological polar surface area (TPSA) is 12.5 Å². The van der Waals surface area contributed by atoms with Crippen LogP contribution in [0.25, 0.3) is 0 Å². The van der Waals surface area contributed by atoms with Gasteiger partial charge in [0.25, 0.3) is 0 Å². The molecular weight excluding hydrogens is 126 g/mol. The van der Waals surface area contributed by atoms with Crippen LogP contribution in [0.5, 0.6) is 5.75 Å². The highest BCUT2D eigenvalue weighted by Gasteiger charge is 2.14. The number of hydrogen-bond donors (Lipinski definition) is 0. The molecule has 0 aromatic heterocycles. The number of hydrogen-bond acceptors (Lipinski definition) is 2. The van der Waals surface area contributed by atoms with Crippen molar-refractivity contribution in [3.63, 3.8) is 0 Å². The summed E-state index contributed by atoms with van der Waals surface area (Å²) in [6.07, 6.45) is 0. The van der Waals surface area contributed by atoms with Gasteiger partial charge in [-0.2, -0.15) is 0 Å². The molecule has 0 bridgehead atoms. The lowest BCUT2D eigenvalue weighted by atomic mass is 10.3. The number of fused-ring (bicyclic) bond motifs is 1. The van der Waals surface area contributed by atoms with Crippen molar-refractivity contribution in [2.75, 3.05) is 18.7 Å². The summed E-state index contributed by atoms with van der Waals surface area (Å²) >= 11 is 0. The first-order valence-corrected chi connectivity index (χ1v) is 3.31. The van der Waals surface area contributed by atoms with Crippen molar-refractivity contribution >= 4 is 5.69 Å². The largest absolute Gasteiger partial charge is 0.471 e. The Labute approximate surface area is 60.0 Å². The fraction of sp³-hybridized carbons (Fsp3) is 0.250. The fourth-order valence-corrected chi connectivity index (χ4v) is 1.13. The van der Waals surface area contributed by atoms with E-state index in [0.29, 0.717) is 6.73 Å². The number of nitrogens with zero attached hydrogens (tertiary/aromatic N) is 1. The Balaban J connectivity index is 2.51. The summed E-state index contributed by atoms with van der Waals surface area (Å²) in [5, 5.41) is 0. The summed E-state index contributed by atoms with van der Waals surface area (Å²) in [5.74, 6) is 0.991. The van der Waals surface area contributed by atoms with Gasteiger partial charge in [-0.05, 0) is 12.1 Å². The lowest BCUT2D eigenvalue weighted by Crippen LogP contribution is -2.14. The molecule has 2 rings (SSSR count). The van der Waals surface area contributed by atoms with E-state index in [2.05, 4.69) is 11.0 Å². The Morgan fingerprint density at radius 1 is 1.40 bits per heavy atom. The van der Waals surface area contributed by atoms with Gasteiger partial charge in [0.15, 0.2) is 6.73 Å². The molecule has 1 aliphatic rings. The van der Waals surface area contributed by atoms with E-state index in [9.17, 15) is 0 Å². The van der Waals surface area contributed by atoms with Crippen molar-refractivity contribution in [3.8, 4) is 5.75 Å². The van der Waals surface area contributed by atoms with Crippen molar-refractivity contribution in [3.05, 3.63) is 24.3 Å². The molecule has 0 saturated heterocycles. The van der Waals surface area contributed by atoms with Gasteiger partial charge in [-0.1, -0.05) is 12.1 Å². The molecule has 0 N–H and O–H groups in total. The summed E-state index contributed by atoms with van der Waals surface area (Å²) in [6, 6.07) is 8.04. The molecule has 0 atom stereocenters. The maximum Gasteiger partial charge on any atom is 0.161 e. The number of ether oxygens (including phenoxy) is 1. The normalized spacial score (nSPS) is 14.7. The van der Waals surface area contributed by atoms with E-state index in [-0.39, 0.29) is 0 Å². The summed E-state index contributed by atoms with van der Waals surface area (Å²) < 4.78 is 5.34. The minimum Gasteiger partial charge on any atom is -0.471 e. The lowest BCUT2D eigenvalue weighted by molar-refractivity contribution is 0.353. The third-order valence-corrected chi connectivity index (χ3v) is 1.69. The van der Waals surface area contributed by atoms with Gasteiger partial charge >= 0.3 is 0 Å². The molecule has 0 saturated carbocycles. The maximum absolute atomic E-state index is 5.34. The van der Waals surface area contributed by atoms with E-state index in [1.54, 1.807) is 0 Å². The van der Waals surface area contributed by atoms with Crippen LogP contribution in [0.4, 0.5) is 5.69 Å². The molecule has 0 spiro atoms. The Bertz CT molecular complexity index is 247. The minimum absolute atomic E-state index is 0.680. The molecule has 0 amide bonds. The van der Waals surface area contributed by atoms with Gasteiger partial charge in [0, 0.05) is 7.05 Å². The molecule has 2 nitrogen and oxygen atoms in total. The fourth-order valence-electron chi connectivity index (χ4n) is 1.13. The zero-order chi connectivity index (χ0) is 6.97. The van der Waals surface area contributed by atoms with E-state index >= 15 is 0 Å². The van der Waals surface area contributed by atoms with E-state index < -0.39 is 0 Å². The molecule has 1 aromatic rings. The average Bonchev–Trinajstić information content (AvgIpc) is 2.34. The van der Waals surface area contributed by atoms with Crippen molar-refractivity contribution in [1.29, 1.82) is 0 Å². The molecule has 10 heavy (non-hydrogen) atoms. The Morgan fingerprint density at radius 3 is 3.00 bits per heavy atom. The Kier molecular flexibility index (Phi) is 1.07. The van der Waals surface area contributed by atoms with Crippen molar-refractivity contribution in [2.45, 2.75) is 0 Å². The highest BCUT2D eigenvalue weighted by Crippen LogP contribution is 2.31. The van der Waals surface area contributed by atoms with E-state index in [1.807, 2.05) is 25.2 Å². The van der Waals surface area contributed by atoms with Crippen LogP contribution in [0, 0.1) is 0 Å². The summed E-state index contributed by atoms with van der Waals surface area (Å²) in [5.41, 5.74) is 1.18. The molecule has 0 unspecified atom stereocenters. The Morgan fingerprint density at radius 2 is 2.20 bits per heavy atom. The van der Waals surface area contributed by atoms with Crippen LogP contribution in [0.15, 0.2) is 24.3 Å². The molecule has 0 aliphatic carbocycles. The molecule has 1 heterocycles. The first-order valence-electron chi connectivity index (χ1n) is 3.31. The molecule has 1 aliphatic heterocycles. The standard InChI is InChI=1S/C8H9NO/c1-9-6-10-8-5-3-2-4-7(8)9/h2-5H,6H2,1H3. The number of anilines is 1. The third kappa shape index (κ3) is 0.652. The average molecular weight is 135 g/mol. The smallest absolute Gasteiger partial charge is 0.161 e. The number of benzene rings is 1. The zero-order valence-corrected chi connectivity index (χ0v) is 5.87. The van der Waals surface area contributed by atoms with Gasteiger partial charge in [0.2, 0.25) is 0 Å². The van der Waals surface area contributed by atoms with E-state index in [1.165, 1.54) is 5.69 Å². The first-order chi connectivity index (χ1) is 4.88. The van der Waals surface area contributed by atoms with E-state index in [4.69, 9.17) is 4.74 Å². The molecule has 0 radical (unpaired) electrons. The highest BCUT2D eigenvalue weighted by atomic mass is 16.5. The second kappa shape index (κ2) is 1.90. The first kappa shape index (κ1) is 5.59. The summed E-state index contributed by atoms with van der Waals surface area (Å²) in [6.45, 7) is 0.680. The molecule has 0 fully saturated rings. The number of rotatable bonds is 0. The highest BCUT2D eigenvalue weighted by molar-refractivity contribution is 5.60. The summed E-state index contributed by atoms with van der Waals surface area (Å²) in [7, 11) is 2.02. The zero-order valence-electron chi connectivity index (χ0n) is 5.87. The van der Waals surface area contributed by atoms with Gasteiger partial charge in [0.1, 0.15) is 5.75 Å². The van der Waals surface area contributed by atoms with Crippen LogP contribution in [-0.2, 0) is 0 Å². The van der Waals surface area contributed by atoms with Crippen molar-refractivity contribution in [1.82, 2.24) is 0 Å². The Hall–Kier alpha value is -1.18. The van der Waals surface area contributed by atoms with Crippen LogP contribution < -0.4 is 9.64 Å². The molecule has 2 heteroatoms. The van der Waals surface area contributed by atoms with Crippen molar-refractivity contribution < 1.29 is 4.74 Å². The van der Waals surface area contributed by atoms with Gasteiger partial charge in [-0.25, -0.2) is 0 Å². The van der Waals surface area contributed by atoms with Crippen LogP contribution in [0.2, 0.25) is 0 Å². The van der Waals surface area contributed by atoms with Crippen LogP contribution >= 0.6 is 0 Å². The van der Waals surface area contributed by atoms with Gasteiger partial charge in [0.05, 0.1) is 5.69 Å². The predicted molar refractivity (Wildman–Crippen MR) is 40.3 cm³/mol. The maximum atomic E-state index is 5.34. The molecule has 52 valence electrons. The van der Waals surface area contributed by atoms with Crippen LogP contribution in [0.3, 0.4) is 0 Å². The monoisotopic (exact) mass is 135 g/mol. The van der Waals surface area contributed by atoms with Crippen molar-refractivity contribution in [2.24, 2.45) is 0 Å². The second-order valence-corrected chi connectivity index (χ2v) is 2.44. The van der Waals surface area contributed by atoms with E-state index in [0.717, 1.165) is 5.75 Å². The SMILES string of the molecule is CN1COc2ccccc21.